The number of benzene rings is 1. The van der Waals surface area contributed by atoms with Crippen molar-refractivity contribution in [3.05, 3.63) is 23.8 Å². The number of methoxy groups -OCH3 is 1. The van der Waals surface area contributed by atoms with E-state index in [4.69, 9.17) is 4.74 Å². The van der Waals surface area contributed by atoms with Crippen LogP contribution >= 0.6 is 0 Å². The fraction of sp³-hybridized carbons (Fsp3) is 0.571. The minimum Gasteiger partial charge on any atom is -0.508 e. The number of hydrogen-bond donors (Lipinski definition) is 2. The molecular formula is C14H21NO2. The summed E-state index contributed by atoms with van der Waals surface area (Å²) in [7, 11) is 1.64. The van der Waals surface area contributed by atoms with Crippen LogP contribution in [0.3, 0.4) is 0 Å². The highest BCUT2D eigenvalue weighted by Crippen LogP contribution is 2.34. The second-order valence-electron chi connectivity index (χ2n) is 4.94. The van der Waals surface area contributed by atoms with Crippen molar-refractivity contribution < 1.29 is 9.84 Å². The van der Waals surface area contributed by atoms with E-state index in [0.29, 0.717) is 11.8 Å². The molecule has 1 saturated carbocycles. The third-order valence-electron chi connectivity index (χ3n) is 3.54. The van der Waals surface area contributed by atoms with Crippen molar-refractivity contribution in [3.63, 3.8) is 0 Å². The summed E-state index contributed by atoms with van der Waals surface area (Å²) in [5.41, 5.74) is 0.900. The first-order valence-electron chi connectivity index (χ1n) is 6.24. The molecule has 0 bridgehead atoms. The van der Waals surface area contributed by atoms with Crippen molar-refractivity contribution in [2.24, 2.45) is 5.92 Å². The zero-order chi connectivity index (χ0) is 12.4. The largest absolute Gasteiger partial charge is 0.508 e. The van der Waals surface area contributed by atoms with Gasteiger partial charge in [0, 0.05) is 17.6 Å². The number of aromatic hydroxyl groups is 1. The molecule has 0 amide bonds. The normalized spacial score (nSPS) is 18.8. The lowest BCUT2D eigenvalue weighted by atomic mass is 10.0. The van der Waals surface area contributed by atoms with Crippen LogP contribution in [-0.2, 0) is 0 Å². The number of ether oxygens (including phenoxy) is 1. The highest BCUT2D eigenvalue weighted by molar-refractivity contribution is 5.41. The molecule has 1 aromatic carbocycles. The average Bonchev–Trinajstić information content (AvgIpc) is 3.13. The van der Waals surface area contributed by atoms with Gasteiger partial charge in [-0.3, -0.25) is 0 Å². The molecule has 3 heteroatoms. The summed E-state index contributed by atoms with van der Waals surface area (Å²) in [5, 5.41) is 13.4. The Morgan fingerprint density at radius 1 is 1.35 bits per heavy atom. The molecule has 94 valence electrons. The molecule has 0 saturated heterocycles. The van der Waals surface area contributed by atoms with Crippen molar-refractivity contribution >= 4 is 0 Å². The monoisotopic (exact) mass is 235 g/mol. The number of rotatable bonds is 5. The highest BCUT2D eigenvalue weighted by Gasteiger charge is 2.29. The summed E-state index contributed by atoms with van der Waals surface area (Å²) in [6.45, 7) is 4.29. The van der Waals surface area contributed by atoms with Crippen LogP contribution in [0.25, 0.3) is 0 Å². The first kappa shape index (κ1) is 12.2. The topological polar surface area (TPSA) is 41.5 Å². The molecule has 2 rings (SSSR count). The van der Waals surface area contributed by atoms with E-state index in [-0.39, 0.29) is 6.04 Å². The molecular weight excluding hydrogens is 214 g/mol. The number of phenolic OH excluding ortho intramolecular Hbond substituents is 1. The van der Waals surface area contributed by atoms with Crippen LogP contribution in [0.4, 0.5) is 0 Å². The van der Waals surface area contributed by atoms with E-state index in [1.54, 1.807) is 19.2 Å². The molecule has 0 radical (unpaired) electrons. The second kappa shape index (κ2) is 4.96. The Labute approximate surface area is 103 Å². The molecule has 2 atom stereocenters. The molecule has 2 N–H and O–H groups in total. The van der Waals surface area contributed by atoms with E-state index in [2.05, 4.69) is 19.2 Å². The van der Waals surface area contributed by atoms with Gasteiger partial charge in [0.1, 0.15) is 11.5 Å². The molecule has 0 spiro atoms. The summed E-state index contributed by atoms with van der Waals surface area (Å²) in [6, 6.07) is 6.01. The number of nitrogens with one attached hydrogen (secondary N) is 1. The van der Waals surface area contributed by atoms with Gasteiger partial charge < -0.3 is 15.2 Å². The van der Waals surface area contributed by atoms with E-state index in [0.717, 1.165) is 17.2 Å². The summed E-state index contributed by atoms with van der Waals surface area (Å²) in [6.07, 6.45) is 2.65. The first-order chi connectivity index (χ1) is 8.11. The average molecular weight is 235 g/mol. The lowest BCUT2D eigenvalue weighted by molar-refractivity contribution is 0.399. The summed E-state index contributed by atoms with van der Waals surface area (Å²) < 4.78 is 5.19. The Bertz CT molecular complexity index is 388. The minimum atomic E-state index is 0.140. The van der Waals surface area contributed by atoms with Crippen molar-refractivity contribution in [3.8, 4) is 11.5 Å². The minimum absolute atomic E-state index is 0.140. The van der Waals surface area contributed by atoms with Gasteiger partial charge in [-0.1, -0.05) is 0 Å². The molecule has 1 aliphatic rings. The molecule has 1 aromatic rings. The number of phenols is 1. The maximum atomic E-state index is 9.87. The SMILES string of the molecule is COc1ccc(O)c(C(C)NC(C)C2CC2)c1. The van der Waals surface area contributed by atoms with E-state index in [1.165, 1.54) is 12.8 Å². The van der Waals surface area contributed by atoms with Gasteiger partial charge in [0.25, 0.3) is 0 Å². The Morgan fingerprint density at radius 2 is 2.06 bits per heavy atom. The van der Waals surface area contributed by atoms with Crippen LogP contribution in [0, 0.1) is 5.92 Å². The summed E-state index contributed by atoms with van der Waals surface area (Å²) >= 11 is 0. The quantitative estimate of drug-likeness (QED) is 0.824. The smallest absolute Gasteiger partial charge is 0.120 e. The zero-order valence-electron chi connectivity index (χ0n) is 10.7. The van der Waals surface area contributed by atoms with Gasteiger partial charge in [-0.25, -0.2) is 0 Å². The third-order valence-corrected chi connectivity index (χ3v) is 3.54. The molecule has 1 aliphatic carbocycles. The first-order valence-corrected chi connectivity index (χ1v) is 6.24. The van der Waals surface area contributed by atoms with Gasteiger partial charge in [-0.2, -0.15) is 0 Å². The van der Waals surface area contributed by atoms with Gasteiger partial charge >= 0.3 is 0 Å². The molecule has 0 heterocycles. The van der Waals surface area contributed by atoms with Gasteiger partial charge in [0.15, 0.2) is 0 Å². The Morgan fingerprint density at radius 3 is 2.65 bits per heavy atom. The Kier molecular flexibility index (Phi) is 3.57. The Balaban J connectivity index is 2.08. The zero-order valence-corrected chi connectivity index (χ0v) is 10.7. The molecule has 1 fully saturated rings. The van der Waals surface area contributed by atoms with Crippen LogP contribution in [0.1, 0.15) is 38.3 Å². The lowest BCUT2D eigenvalue weighted by Gasteiger charge is -2.21. The van der Waals surface area contributed by atoms with Gasteiger partial charge in [-0.15, -0.1) is 0 Å². The fourth-order valence-corrected chi connectivity index (χ4v) is 2.22. The molecule has 3 nitrogen and oxygen atoms in total. The van der Waals surface area contributed by atoms with Crippen molar-refractivity contribution in [2.45, 2.75) is 38.8 Å². The predicted octanol–water partition coefficient (Wildman–Crippen LogP) is 2.85. The van der Waals surface area contributed by atoms with Crippen molar-refractivity contribution in [2.75, 3.05) is 7.11 Å². The second-order valence-corrected chi connectivity index (χ2v) is 4.94. The van der Waals surface area contributed by atoms with Crippen LogP contribution < -0.4 is 10.1 Å². The van der Waals surface area contributed by atoms with Crippen molar-refractivity contribution in [1.82, 2.24) is 5.32 Å². The fourth-order valence-electron chi connectivity index (χ4n) is 2.22. The van der Waals surface area contributed by atoms with Gasteiger partial charge in [0.05, 0.1) is 7.11 Å². The summed E-state index contributed by atoms with van der Waals surface area (Å²) in [4.78, 5) is 0. The van der Waals surface area contributed by atoms with E-state index >= 15 is 0 Å². The van der Waals surface area contributed by atoms with E-state index in [1.807, 2.05) is 6.07 Å². The van der Waals surface area contributed by atoms with E-state index in [9.17, 15) is 5.11 Å². The van der Waals surface area contributed by atoms with Gasteiger partial charge in [0.2, 0.25) is 0 Å². The van der Waals surface area contributed by atoms with Gasteiger partial charge in [-0.05, 0) is 50.8 Å². The molecule has 17 heavy (non-hydrogen) atoms. The van der Waals surface area contributed by atoms with Crippen LogP contribution in [-0.4, -0.2) is 18.3 Å². The van der Waals surface area contributed by atoms with E-state index < -0.39 is 0 Å². The van der Waals surface area contributed by atoms with Crippen LogP contribution in [0.5, 0.6) is 11.5 Å². The predicted molar refractivity (Wildman–Crippen MR) is 68.4 cm³/mol. The lowest BCUT2D eigenvalue weighted by Crippen LogP contribution is -2.30. The standard InChI is InChI=1S/C14H21NO2/c1-9(11-4-5-11)15-10(2)13-8-12(17-3)6-7-14(13)16/h6-11,15-16H,4-5H2,1-3H3. The third kappa shape index (κ3) is 2.91. The molecule has 2 unspecified atom stereocenters. The molecule has 0 aromatic heterocycles. The van der Waals surface area contributed by atoms with Crippen LogP contribution in [0.15, 0.2) is 18.2 Å². The highest BCUT2D eigenvalue weighted by atomic mass is 16.5. The molecule has 0 aliphatic heterocycles. The van der Waals surface area contributed by atoms with Crippen molar-refractivity contribution in [1.29, 1.82) is 0 Å². The summed E-state index contributed by atoms with van der Waals surface area (Å²) in [5.74, 6) is 1.92. The maximum absolute atomic E-state index is 9.87. The Hall–Kier alpha value is -1.22. The number of hydrogen-bond acceptors (Lipinski definition) is 3. The maximum Gasteiger partial charge on any atom is 0.120 e. The van der Waals surface area contributed by atoms with Crippen LogP contribution in [0.2, 0.25) is 0 Å².